The molecule has 1 N–H and O–H groups in total. The Bertz CT molecular complexity index is 762. The number of hydrogen-bond donors (Lipinski definition) is 1. The quantitative estimate of drug-likeness (QED) is 0.852. The number of thiophene rings is 1. The van der Waals surface area contributed by atoms with Crippen LogP contribution in [-0.4, -0.2) is 30.6 Å². The van der Waals surface area contributed by atoms with E-state index in [0.717, 1.165) is 18.4 Å². The predicted molar refractivity (Wildman–Crippen MR) is 89.8 cm³/mol. The van der Waals surface area contributed by atoms with E-state index in [1.54, 1.807) is 22.4 Å². The Morgan fingerprint density at radius 1 is 1.38 bits per heavy atom. The molecule has 0 spiro atoms. The molecule has 0 bridgehead atoms. The molecule has 1 unspecified atom stereocenters. The van der Waals surface area contributed by atoms with E-state index in [1.165, 1.54) is 30.6 Å². The largest absolute Gasteiger partial charge is 0.465 e. The van der Waals surface area contributed by atoms with Gasteiger partial charge in [0.1, 0.15) is 10.7 Å². The van der Waals surface area contributed by atoms with Gasteiger partial charge in [-0.1, -0.05) is 12.1 Å². The van der Waals surface area contributed by atoms with E-state index in [9.17, 15) is 14.0 Å². The molecule has 3 rings (SSSR count). The van der Waals surface area contributed by atoms with Gasteiger partial charge in [0.25, 0.3) is 0 Å². The van der Waals surface area contributed by atoms with Crippen molar-refractivity contribution in [2.45, 2.75) is 18.9 Å². The molecular formula is C17H17FN2O3S. The fraction of sp³-hybridized carbons (Fsp3) is 0.294. The summed E-state index contributed by atoms with van der Waals surface area (Å²) in [6.45, 7) is 0.588. The van der Waals surface area contributed by atoms with E-state index in [1.807, 2.05) is 6.07 Å². The minimum atomic E-state index is -0.483. The minimum Gasteiger partial charge on any atom is -0.465 e. The van der Waals surface area contributed by atoms with Gasteiger partial charge in [0, 0.05) is 6.54 Å². The molecule has 24 heavy (non-hydrogen) atoms. The number of nitrogens with zero attached hydrogens (tertiary/aromatic N) is 1. The van der Waals surface area contributed by atoms with E-state index in [0.29, 0.717) is 17.1 Å². The van der Waals surface area contributed by atoms with Crippen LogP contribution >= 0.6 is 11.3 Å². The van der Waals surface area contributed by atoms with Crippen LogP contribution in [0.3, 0.4) is 0 Å². The third kappa shape index (κ3) is 3.26. The van der Waals surface area contributed by atoms with Crippen molar-refractivity contribution in [1.82, 2.24) is 4.90 Å². The van der Waals surface area contributed by atoms with E-state index in [4.69, 9.17) is 4.74 Å². The van der Waals surface area contributed by atoms with Crippen LogP contribution in [0.5, 0.6) is 0 Å². The number of anilines is 1. The second kappa shape index (κ2) is 7.00. The SMILES string of the molecule is COC(=O)c1sccc1NC(=O)N1CCCC1c1cccc(F)c1. The van der Waals surface area contributed by atoms with Gasteiger partial charge < -0.3 is 15.0 Å². The van der Waals surface area contributed by atoms with E-state index in [2.05, 4.69) is 5.32 Å². The van der Waals surface area contributed by atoms with Crippen molar-refractivity contribution in [3.63, 3.8) is 0 Å². The highest BCUT2D eigenvalue weighted by Gasteiger charge is 2.31. The molecular weight excluding hydrogens is 331 g/mol. The first-order valence-corrected chi connectivity index (χ1v) is 8.47. The molecule has 2 aromatic rings. The zero-order chi connectivity index (χ0) is 17.1. The molecule has 2 heterocycles. The standard InChI is InChI=1S/C17H17FN2O3S/c1-23-16(21)15-13(7-9-24-15)19-17(22)20-8-3-6-14(20)11-4-2-5-12(18)10-11/h2,4-5,7,9-10,14H,3,6,8H2,1H3,(H,19,22). The van der Waals surface area contributed by atoms with Crippen molar-refractivity contribution in [2.24, 2.45) is 0 Å². The minimum absolute atomic E-state index is 0.166. The van der Waals surface area contributed by atoms with Gasteiger partial charge in [0.05, 0.1) is 18.8 Å². The summed E-state index contributed by atoms with van der Waals surface area (Å²) < 4.78 is 18.2. The molecule has 0 aliphatic carbocycles. The predicted octanol–water partition coefficient (Wildman–Crippen LogP) is 4.04. The summed E-state index contributed by atoms with van der Waals surface area (Å²) in [5.74, 6) is -0.797. The molecule has 1 atom stereocenters. The maximum atomic E-state index is 13.5. The lowest BCUT2D eigenvalue weighted by atomic mass is 10.0. The fourth-order valence-electron chi connectivity index (χ4n) is 2.92. The highest BCUT2D eigenvalue weighted by atomic mass is 32.1. The number of benzene rings is 1. The molecule has 0 radical (unpaired) electrons. The molecule has 1 fully saturated rings. The number of rotatable bonds is 3. The van der Waals surface area contributed by atoms with Gasteiger partial charge >= 0.3 is 12.0 Å². The van der Waals surface area contributed by atoms with Gasteiger partial charge in [-0.25, -0.2) is 14.0 Å². The Kier molecular flexibility index (Phi) is 4.80. The molecule has 1 aliphatic rings. The lowest BCUT2D eigenvalue weighted by molar-refractivity contribution is 0.0607. The van der Waals surface area contributed by atoms with Crippen LogP contribution in [0.1, 0.15) is 34.1 Å². The highest BCUT2D eigenvalue weighted by molar-refractivity contribution is 7.12. The number of hydrogen-bond acceptors (Lipinski definition) is 4. The van der Waals surface area contributed by atoms with Crippen LogP contribution in [0.25, 0.3) is 0 Å². The molecule has 0 saturated carbocycles. The number of urea groups is 1. The number of esters is 1. The van der Waals surface area contributed by atoms with Gasteiger partial charge in [-0.3, -0.25) is 0 Å². The Hall–Kier alpha value is -2.41. The van der Waals surface area contributed by atoms with Crippen molar-refractivity contribution < 1.29 is 18.7 Å². The number of amides is 2. The number of carbonyl (C=O) groups is 2. The van der Waals surface area contributed by atoms with E-state index >= 15 is 0 Å². The Morgan fingerprint density at radius 3 is 2.96 bits per heavy atom. The maximum absolute atomic E-state index is 13.5. The number of methoxy groups -OCH3 is 1. The number of halogens is 1. The van der Waals surface area contributed by atoms with E-state index in [-0.39, 0.29) is 17.9 Å². The Balaban J connectivity index is 1.77. The zero-order valence-electron chi connectivity index (χ0n) is 13.1. The van der Waals surface area contributed by atoms with Gasteiger partial charge in [0.15, 0.2) is 0 Å². The van der Waals surface area contributed by atoms with Crippen molar-refractivity contribution >= 4 is 29.0 Å². The summed E-state index contributed by atoms with van der Waals surface area (Å²) in [6.07, 6.45) is 1.63. The molecule has 1 aliphatic heterocycles. The van der Waals surface area contributed by atoms with Crippen molar-refractivity contribution in [2.75, 3.05) is 19.0 Å². The summed E-state index contributed by atoms with van der Waals surface area (Å²) >= 11 is 1.21. The highest BCUT2D eigenvalue weighted by Crippen LogP contribution is 2.33. The van der Waals surface area contributed by atoms with Crippen molar-refractivity contribution in [3.05, 3.63) is 52.0 Å². The first-order chi connectivity index (χ1) is 11.6. The van der Waals surface area contributed by atoms with Gasteiger partial charge in [-0.05, 0) is 42.0 Å². The van der Waals surface area contributed by atoms with Crippen LogP contribution in [0.4, 0.5) is 14.9 Å². The molecule has 1 aromatic heterocycles. The third-order valence-corrected chi connectivity index (χ3v) is 4.92. The summed E-state index contributed by atoms with van der Waals surface area (Å²) in [7, 11) is 1.30. The molecule has 1 saturated heterocycles. The van der Waals surface area contributed by atoms with Crippen LogP contribution in [0.15, 0.2) is 35.7 Å². The first-order valence-electron chi connectivity index (χ1n) is 7.59. The monoisotopic (exact) mass is 348 g/mol. The van der Waals surface area contributed by atoms with Crippen molar-refractivity contribution in [3.8, 4) is 0 Å². The van der Waals surface area contributed by atoms with Crippen LogP contribution in [0, 0.1) is 5.82 Å². The van der Waals surface area contributed by atoms with Crippen molar-refractivity contribution in [1.29, 1.82) is 0 Å². The summed E-state index contributed by atoms with van der Waals surface area (Å²) in [4.78, 5) is 26.3. The third-order valence-electron chi connectivity index (χ3n) is 4.02. The van der Waals surface area contributed by atoms with Gasteiger partial charge in [-0.2, -0.15) is 0 Å². The Morgan fingerprint density at radius 2 is 2.21 bits per heavy atom. The normalized spacial score (nSPS) is 16.9. The molecule has 126 valence electrons. The average molecular weight is 348 g/mol. The molecule has 2 amide bonds. The number of carbonyl (C=O) groups excluding carboxylic acids is 2. The number of nitrogens with one attached hydrogen (secondary N) is 1. The summed E-state index contributed by atoms with van der Waals surface area (Å²) in [5.41, 5.74) is 1.21. The summed E-state index contributed by atoms with van der Waals surface area (Å²) in [5, 5.41) is 4.48. The number of ether oxygens (including phenoxy) is 1. The second-order valence-corrected chi connectivity index (χ2v) is 6.41. The van der Waals surface area contributed by atoms with Gasteiger partial charge in [-0.15, -0.1) is 11.3 Å². The number of likely N-dealkylation sites (tertiary alicyclic amines) is 1. The molecule has 1 aromatic carbocycles. The molecule has 7 heteroatoms. The fourth-order valence-corrected chi connectivity index (χ4v) is 3.68. The zero-order valence-corrected chi connectivity index (χ0v) is 13.9. The van der Waals surface area contributed by atoms with Gasteiger partial charge in [0.2, 0.25) is 0 Å². The Labute approximate surface area is 143 Å². The molecule has 5 nitrogen and oxygen atoms in total. The summed E-state index contributed by atoms with van der Waals surface area (Å²) in [6, 6.07) is 7.52. The lowest BCUT2D eigenvalue weighted by Gasteiger charge is -2.25. The lowest BCUT2D eigenvalue weighted by Crippen LogP contribution is -2.34. The average Bonchev–Trinajstić information content (AvgIpc) is 3.23. The second-order valence-electron chi connectivity index (χ2n) is 5.49. The first kappa shape index (κ1) is 16.4. The van der Waals surface area contributed by atoms with Crippen LogP contribution in [-0.2, 0) is 4.74 Å². The smallest absolute Gasteiger partial charge is 0.350 e. The maximum Gasteiger partial charge on any atom is 0.350 e. The van der Waals surface area contributed by atoms with Crippen LogP contribution in [0.2, 0.25) is 0 Å². The topological polar surface area (TPSA) is 58.6 Å². The van der Waals surface area contributed by atoms with Crippen LogP contribution < -0.4 is 5.32 Å². The van der Waals surface area contributed by atoms with E-state index < -0.39 is 5.97 Å².